The van der Waals surface area contributed by atoms with E-state index in [9.17, 15) is 9.59 Å². The Balaban J connectivity index is 1.72. The Morgan fingerprint density at radius 3 is 2.58 bits per heavy atom. The number of thioether (sulfide) groups is 1. The van der Waals surface area contributed by atoms with E-state index in [0.717, 1.165) is 22.1 Å². The van der Waals surface area contributed by atoms with Crippen LogP contribution in [0.15, 0.2) is 70.6 Å². The number of carboxylic acid groups (broad SMARTS) is 1. The van der Waals surface area contributed by atoms with Crippen molar-refractivity contribution in [3.8, 4) is 5.75 Å². The van der Waals surface area contributed by atoms with Gasteiger partial charge in [-0.2, -0.15) is 0 Å². The molecule has 0 spiro atoms. The second kappa shape index (κ2) is 8.65. The normalized spacial score (nSPS) is 16.5. The zero-order chi connectivity index (χ0) is 22.0. The predicted octanol–water partition coefficient (Wildman–Crippen LogP) is 5.17. The number of carbonyl (C=O) groups excluding carboxylic acids is 1. The van der Waals surface area contributed by atoms with Crippen LogP contribution in [0.4, 0.5) is 5.69 Å². The molecule has 1 saturated heterocycles. The molecule has 31 heavy (non-hydrogen) atoms. The lowest BCUT2D eigenvalue weighted by Gasteiger charge is -2.11. The van der Waals surface area contributed by atoms with Gasteiger partial charge in [0.2, 0.25) is 0 Å². The summed E-state index contributed by atoms with van der Waals surface area (Å²) in [6, 6.07) is 18.1. The van der Waals surface area contributed by atoms with Crippen molar-refractivity contribution in [1.29, 1.82) is 0 Å². The minimum Gasteiger partial charge on any atom is -0.493 e. The van der Waals surface area contributed by atoms with Crippen molar-refractivity contribution in [3.63, 3.8) is 0 Å². The van der Waals surface area contributed by atoms with E-state index in [2.05, 4.69) is 4.99 Å². The maximum atomic E-state index is 12.9. The van der Waals surface area contributed by atoms with Crippen LogP contribution < -0.4 is 4.74 Å². The third kappa shape index (κ3) is 4.18. The van der Waals surface area contributed by atoms with Gasteiger partial charge in [0.15, 0.2) is 5.17 Å². The van der Waals surface area contributed by atoms with Gasteiger partial charge < -0.3 is 9.84 Å². The van der Waals surface area contributed by atoms with Gasteiger partial charge in [-0.05, 0) is 65.9 Å². The van der Waals surface area contributed by atoms with Crippen LogP contribution in [-0.4, -0.2) is 40.7 Å². The van der Waals surface area contributed by atoms with Crippen molar-refractivity contribution in [2.24, 2.45) is 4.99 Å². The van der Waals surface area contributed by atoms with E-state index in [0.29, 0.717) is 22.4 Å². The highest BCUT2D eigenvalue weighted by Crippen LogP contribution is 2.37. The van der Waals surface area contributed by atoms with Gasteiger partial charge >= 0.3 is 5.97 Å². The minimum atomic E-state index is -0.993. The molecule has 1 amide bonds. The topological polar surface area (TPSA) is 79.2 Å². The van der Waals surface area contributed by atoms with Crippen molar-refractivity contribution < 1.29 is 19.4 Å². The summed E-state index contributed by atoms with van der Waals surface area (Å²) in [6.45, 7) is 2.45. The van der Waals surface area contributed by atoms with Crippen LogP contribution in [0.25, 0.3) is 16.8 Å². The van der Waals surface area contributed by atoms with Gasteiger partial charge in [-0.3, -0.25) is 9.69 Å². The molecule has 6 nitrogen and oxygen atoms in total. The van der Waals surface area contributed by atoms with E-state index in [4.69, 9.17) is 9.84 Å². The second-order valence-electron chi connectivity index (χ2n) is 6.85. The van der Waals surface area contributed by atoms with Crippen LogP contribution in [0.5, 0.6) is 5.75 Å². The van der Waals surface area contributed by atoms with Crippen LogP contribution in [0.1, 0.15) is 22.8 Å². The first kappa shape index (κ1) is 20.7. The van der Waals surface area contributed by atoms with Crippen molar-refractivity contribution in [2.75, 3.05) is 13.7 Å². The number of amides is 1. The average Bonchev–Trinajstić information content (AvgIpc) is 3.03. The van der Waals surface area contributed by atoms with E-state index >= 15 is 0 Å². The Morgan fingerprint density at radius 2 is 1.87 bits per heavy atom. The van der Waals surface area contributed by atoms with Gasteiger partial charge in [0.1, 0.15) is 5.75 Å². The molecule has 1 N–H and O–H groups in total. The third-order valence-corrected chi connectivity index (χ3v) is 5.91. The number of aliphatic imine (C=N–C) groups is 1. The monoisotopic (exact) mass is 432 g/mol. The quantitative estimate of drug-likeness (QED) is 0.563. The molecule has 0 aliphatic carbocycles. The second-order valence-corrected chi connectivity index (χ2v) is 7.86. The van der Waals surface area contributed by atoms with E-state index in [1.54, 1.807) is 19.2 Å². The lowest BCUT2D eigenvalue weighted by molar-refractivity contribution is -0.121. The molecule has 0 saturated carbocycles. The van der Waals surface area contributed by atoms with Gasteiger partial charge in [-0.15, -0.1) is 0 Å². The first-order chi connectivity index (χ1) is 15.0. The van der Waals surface area contributed by atoms with Gasteiger partial charge in [-0.25, -0.2) is 9.79 Å². The fraction of sp³-hybridized carbons (Fsp3) is 0.125. The van der Waals surface area contributed by atoms with Crippen molar-refractivity contribution in [3.05, 3.63) is 76.7 Å². The summed E-state index contributed by atoms with van der Waals surface area (Å²) in [6.07, 6.45) is 1.85. The molecule has 1 heterocycles. The summed E-state index contributed by atoms with van der Waals surface area (Å²) in [5.41, 5.74) is 1.62. The standard InChI is InChI=1S/C24H20N2O4S/c1-3-30-20-13-10-15-6-4-5-7-18(15)19(20)14-21-22(27)26(2)24(31-21)25-17-11-8-16(9-12-17)23(28)29/h4-14H,3H2,1-2H3,(H,28,29)/b21-14-,25-24?. The number of likely N-dealkylation sites (N-methyl/N-ethyl adjacent to an activating group) is 1. The number of hydrogen-bond acceptors (Lipinski definition) is 5. The highest BCUT2D eigenvalue weighted by atomic mass is 32.2. The number of aromatic carboxylic acids is 1. The summed E-state index contributed by atoms with van der Waals surface area (Å²) in [7, 11) is 1.67. The van der Waals surface area contributed by atoms with Crippen molar-refractivity contribution in [2.45, 2.75) is 6.92 Å². The Bertz CT molecular complexity index is 1230. The molecule has 1 aliphatic heterocycles. The predicted molar refractivity (Wildman–Crippen MR) is 124 cm³/mol. The number of amidine groups is 1. The number of nitrogens with zero attached hydrogens (tertiary/aromatic N) is 2. The van der Waals surface area contributed by atoms with Crippen LogP contribution in [0, 0.1) is 0 Å². The summed E-state index contributed by atoms with van der Waals surface area (Å²) in [4.78, 5) is 30.5. The van der Waals surface area contributed by atoms with E-state index in [1.807, 2.05) is 49.4 Å². The molecule has 1 fully saturated rings. The largest absolute Gasteiger partial charge is 0.493 e. The molecule has 0 unspecified atom stereocenters. The molecule has 0 atom stereocenters. The lowest BCUT2D eigenvalue weighted by Crippen LogP contribution is -2.23. The zero-order valence-electron chi connectivity index (χ0n) is 17.0. The number of rotatable bonds is 5. The SMILES string of the molecule is CCOc1ccc2ccccc2c1/C=C1\SC(=Nc2ccc(C(=O)O)cc2)N(C)C1=O. The Kier molecular flexibility index (Phi) is 5.77. The molecule has 0 aromatic heterocycles. The molecule has 3 aromatic rings. The fourth-order valence-electron chi connectivity index (χ4n) is 3.28. The van der Waals surface area contributed by atoms with Gasteiger partial charge in [0.05, 0.1) is 22.8 Å². The molecule has 4 rings (SSSR count). The van der Waals surface area contributed by atoms with Crippen LogP contribution in [-0.2, 0) is 4.79 Å². The molecular formula is C24H20N2O4S. The van der Waals surface area contributed by atoms with Crippen LogP contribution >= 0.6 is 11.8 Å². The number of carbonyl (C=O) groups is 2. The summed E-state index contributed by atoms with van der Waals surface area (Å²) >= 11 is 1.28. The van der Waals surface area contributed by atoms with Gasteiger partial charge in [-0.1, -0.05) is 30.3 Å². The van der Waals surface area contributed by atoms with Gasteiger partial charge in [0.25, 0.3) is 5.91 Å². The Hall–Kier alpha value is -3.58. The number of ether oxygens (including phenoxy) is 1. The number of benzene rings is 3. The summed E-state index contributed by atoms with van der Waals surface area (Å²) < 4.78 is 5.81. The summed E-state index contributed by atoms with van der Waals surface area (Å²) in [5.74, 6) is -0.423. The number of hydrogen-bond donors (Lipinski definition) is 1. The highest BCUT2D eigenvalue weighted by Gasteiger charge is 2.31. The van der Waals surface area contributed by atoms with Crippen LogP contribution in [0.3, 0.4) is 0 Å². The maximum Gasteiger partial charge on any atom is 0.335 e. The van der Waals surface area contributed by atoms with Crippen LogP contribution in [0.2, 0.25) is 0 Å². The molecule has 3 aromatic carbocycles. The average molecular weight is 433 g/mol. The zero-order valence-corrected chi connectivity index (χ0v) is 17.8. The smallest absolute Gasteiger partial charge is 0.335 e. The maximum absolute atomic E-state index is 12.9. The van der Waals surface area contributed by atoms with E-state index in [-0.39, 0.29) is 11.5 Å². The Morgan fingerprint density at radius 1 is 1.13 bits per heavy atom. The van der Waals surface area contributed by atoms with E-state index in [1.165, 1.54) is 28.8 Å². The van der Waals surface area contributed by atoms with Crippen molar-refractivity contribution in [1.82, 2.24) is 4.90 Å². The number of carboxylic acids is 1. The molecular weight excluding hydrogens is 412 g/mol. The van der Waals surface area contributed by atoms with Gasteiger partial charge in [0, 0.05) is 12.6 Å². The van der Waals surface area contributed by atoms with Crippen molar-refractivity contribution >= 4 is 51.3 Å². The summed E-state index contributed by atoms with van der Waals surface area (Å²) in [5, 5.41) is 11.6. The molecule has 0 bridgehead atoms. The molecule has 1 aliphatic rings. The third-order valence-electron chi connectivity index (χ3n) is 4.85. The van der Waals surface area contributed by atoms with E-state index < -0.39 is 5.97 Å². The minimum absolute atomic E-state index is 0.152. The molecule has 156 valence electrons. The Labute approximate surface area is 183 Å². The lowest BCUT2D eigenvalue weighted by atomic mass is 10.0. The fourth-order valence-corrected chi connectivity index (χ4v) is 4.25. The highest BCUT2D eigenvalue weighted by molar-refractivity contribution is 8.18. The first-order valence-corrected chi connectivity index (χ1v) is 10.5. The first-order valence-electron chi connectivity index (χ1n) is 9.72. The number of fused-ring (bicyclic) bond motifs is 1. The molecule has 0 radical (unpaired) electrons. The molecule has 7 heteroatoms.